The number of benzene rings is 1. The Bertz CT molecular complexity index is 641. The third kappa shape index (κ3) is 4.71. The number of aromatic nitrogens is 1. The molecule has 0 aliphatic heterocycles. The zero-order chi connectivity index (χ0) is 16.7. The number of urea groups is 1. The van der Waals surface area contributed by atoms with E-state index >= 15 is 0 Å². The van der Waals surface area contributed by atoms with Crippen molar-refractivity contribution in [1.29, 1.82) is 0 Å². The van der Waals surface area contributed by atoms with Crippen LogP contribution < -0.4 is 15.4 Å². The van der Waals surface area contributed by atoms with Crippen molar-refractivity contribution in [2.75, 3.05) is 7.11 Å². The number of methoxy groups -OCH3 is 1. The van der Waals surface area contributed by atoms with E-state index in [2.05, 4.69) is 15.6 Å². The molecule has 0 aliphatic carbocycles. The minimum Gasteiger partial charge on any atom is -0.497 e. The van der Waals surface area contributed by atoms with Crippen molar-refractivity contribution >= 4 is 6.03 Å². The van der Waals surface area contributed by atoms with Crippen LogP contribution in [-0.2, 0) is 6.54 Å². The fourth-order valence-corrected chi connectivity index (χ4v) is 2.14. The molecule has 1 aromatic carbocycles. The summed E-state index contributed by atoms with van der Waals surface area (Å²) in [6.07, 6.45) is 2.65. The molecule has 0 radical (unpaired) electrons. The third-order valence-corrected chi connectivity index (χ3v) is 3.68. The monoisotopic (exact) mass is 313 g/mol. The van der Waals surface area contributed by atoms with Gasteiger partial charge in [-0.05, 0) is 49.2 Å². The molecule has 2 aromatic rings. The fraction of sp³-hybridized carbons (Fsp3) is 0.333. The van der Waals surface area contributed by atoms with E-state index in [1.165, 1.54) is 0 Å². The second-order valence-electron chi connectivity index (χ2n) is 5.38. The minimum atomic E-state index is -0.163. The quantitative estimate of drug-likeness (QED) is 0.859. The zero-order valence-corrected chi connectivity index (χ0v) is 13.8. The van der Waals surface area contributed by atoms with Gasteiger partial charge < -0.3 is 15.4 Å². The summed E-state index contributed by atoms with van der Waals surface area (Å²) in [7, 11) is 1.64. The second-order valence-corrected chi connectivity index (χ2v) is 5.38. The summed E-state index contributed by atoms with van der Waals surface area (Å²) in [6.45, 7) is 4.44. The molecular weight excluding hydrogens is 290 g/mol. The van der Waals surface area contributed by atoms with Gasteiger partial charge in [0.05, 0.1) is 12.8 Å². The van der Waals surface area contributed by atoms with Crippen LogP contribution in [0.2, 0.25) is 0 Å². The van der Waals surface area contributed by atoms with E-state index in [1.807, 2.05) is 50.2 Å². The van der Waals surface area contributed by atoms with Crippen LogP contribution in [0.1, 0.15) is 25.8 Å². The Kier molecular flexibility index (Phi) is 5.97. The number of rotatable bonds is 6. The highest BCUT2D eigenvalue weighted by molar-refractivity contribution is 5.74. The van der Waals surface area contributed by atoms with Crippen LogP contribution in [-0.4, -0.2) is 24.2 Å². The predicted octanol–water partition coefficient (Wildman–Crippen LogP) is 3.35. The van der Waals surface area contributed by atoms with E-state index in [-0.39, 0.29) is 12.1 Å². The molecule has 1 aromatic heterocycles. The van der Waals surface area contributed by atoms with E-state index < -0.39 is 0 Å². The lowest BCUT2D eigenvalue weighted by Gasteiger charge is -2.14. The molecule has 5 heteroatoms. The van der Waals surface area contributed by atoms with E-state index in [4.69, 9.17) is 4.74 Å². The molecule has 0 spiro atoms. The summed E-state index contributed by atoms with van der Waals surface area (Å²) in [5.41, 5.74) is 2.82. The van der Waals surface area contributed by atoms with Gasteiger partial charge in [-0.3, -0.25) is 4.98 Å². The first-order valence-corrected chi connectivity index (χ1v) is 7.76. The first-order chi connectivity index (χ1) is 11.1. The first-order valence-electron chi connectivity index (χ1n) is 7.76. The highest BCUT2D eigenvalue weighted by Gasteiger charge is 2.09. The van der Waals surface area contributed by atoms with Gasteiger partial charge in [0.1, 0.15) is 5.75 Å². The lowest BCUT2D eigenvalue weighted by atomic mass is 10.1. The molecule has 122 valence electrons. The maximum Gasteiger partial charge on any atom is 0.315 e. The Hall–Kier alpha value is -2.56. The van der Waals surface area contributed by atoms with Crippen molar-refractivity contribution in [3.05, 3.63) is 48.2 Å². The normalized spacial score (nSPS) is 11.6. The Morgan fingerprint density at radius 2 is 2.00 bits per heavy atom. The number of carbonyl (C=O) groups excluding carboxylic acids is 1. The standard InChI is InChI=1S/C18H23N3O2/c1-4-13(2)21-18(22)20-12-15-6-5-11-19-17(15)14-7-9-16(23-3)10-8-14/h5-11,13H,4,12H2,1-3H3,(H2,20,21,22). The van der Waals surface area contributed by atoms with Gasteiger partial charge in [0.15, 0.2) is 0 Å². The number of carbonyl (C=O) groups is 1. The topological polar surface area (TPSA) is 63.2 Å². The largest absolute Gasteiger partial charge is 0.497 e. The van der Waals surface area contributed by atoms with Crippen molar-refractivity contribution in [3.63, 3.8) is 0 Å². The smallest absolute Gasteiger partial charge is 0.315 e. The average Bonchev–Trinajstić information content (AvgIpc) is 2.60. The van der Waals surface area contributed by atoms with Crippen LogP contribution in [0.3, 0.4) is 0 Å². The van der Waals surface area contributed by atoms with Gasteiger partial charge in [0, 0.05) is 24.3 Å². The first kappa shape index (κ1) is 16.8. The molecule has 0 aliphatic rings. The SMILES string of the molecule is CCC(C)NC(=O)NCc1cccnc1-c1ccc(OC)cc1. The number of hydrogen-bond acceptors (Lipinski definition) is 3. The minimum absolute atomic E-state index is 0.157. The van der Waals surface area contributed by atoms with Crippen LogP contribution >= 0.6 is 0 Å². The lowest BCUT2D eigenvalue weighted by molar-refractivity contribution is 0.237. The van der Waals surface area contributed by atoms with Gasteiger partial charge >= 0.3 is 6.03 Å². The Balaban J connectivity index is 2.09. The summed E-state index contributed by atoms with van der Waals surface area (Å²) in [4.78, 5) is 16.3. The molecule has 2 N–H and O–H groups in total. The summed E-state index contributed by atoms with van der Waals surface area (Å²) in [6, 6.07) is 11.6. The third-order valence-electron chi connectivity index (χ3n) is 3.68. The van der Waals surface area contributed by atoms with Crippen LogP contribution in [0.25, 0.3) is 11.3 Å². The van der Waals surface area contributed by atoms with E-state index in [9.17, 15) is 4.79 Å². The zero-order valence-electron chi connectivity index (χ0n) is 13.8. The molecule has 5 nitrogen and oxygen atoms in total. The van der Waals surface area contributed by atoms with Gasteiger partial charge in [0.2, 0.25) is 0 Å². The molecule has 1 heterocycles. The molecule has 0 saturated heterocycles. The molecule has 0 fully saturated rings. The van der Waals surface area contributed by atoms with Crippen LogP contribution in [0.5, 0.6) is 5.75 Å². The maximum absolute atomic E-state index is 11.9. The average molecular weight is 313 g/mol. The molecule has 0 bridgehead atoms. The van der Waals surface area contributed by atoms with Gasteiger partial charge in [-0.25, -0.2) is 4.79 Å². The van der Waals surface area contributed by atoms with Crippen LogP contribution in [0.4, 0.5) is 4.79 Å². The Morgan fingerprint density at radius 3 is 2.65 bits per heavy atom. The van der Waals surface area contributed by atoms with E-state index in [0.29, 0.717) is 6.54 Å². The number of pyridine rings is 1. The molecule has 1 atom stereocenters. The fourth-order valence-electron chi connectivity index (χ4n) is 2.14. The van der Waals surface area contributed by atoms with Crippen LogP contribution in [0.15, 0.2) is 42.6 Å². The number of nitrogens with zero attached hydrogens (tertiary/aromatic N) is 1. The molecular formula is C18H23N3O2. The van der Waals surface area contributed by atoms with Crippen molar-refractivity contribution in [2.45, 2.75) is 32.9 Å². The molecule has 23 heavy (non-hydrogen) atoms. The second kappa shape index (κ2) is 8.17. The van der Waals surface area contributed by atoms with E-state index in [1.54, 1.807) is 13.3 Å². The van der Waals surface area contributed by atoms with Crippen molar-refractivity contribution in [1.82, 2.24) is 15.6 Å². The van der Waals surface area contributed by atoms with Gasteiger partial charge in [0.25, 0.3) is 0 Å². The summed E-state index contributed by atoms with van der Waals surface area (Å²) >= 11 is 0. The van der Waals surface area contributed by atoms with Crippen molar-refractivity contribution < 1.29 is 9.53 Å². The number of amides is 2. The van der Waals surface area contributed by atoms with Crippen molar-refractivity contribution in [3.8, 4) is 17.0 Å². The predicted molar refractivity (Wildman–Crippen MR) is 91.3 cm³/mol. The summed E-state index contributed by atoms with van der Waals surface area (Å²) in [5, 5.41) is 5.77. The van der Waals surface area contributed by atoms with E-state index in [0.717, 1.165) is 29.0 Å². The van der Waals surface area contributed by atoms with Crippen LogP contribution in [0, 0.1) is 0 Å². The highest BCUT2D eigenvalue weighted by atomic mass is 16.5. The maximum atomic E-state index is 11.9. The number of hydrogen-bond donors (Lipinski definition) is 2. The van der Waals surface area contributed by atoms with Gasteiger partial charge in [-0.2, -0.15) is 0 Å². The Labute approximate surface area is 137 Å². The number of nitrogens with one attached hydrogen (secondary N) is 2. The lowest BCUT2D eigenvalue weighted by Crippen LogP contribution is -2.40. The van der Waals surface area contributed by atoms with Gasteiger partial charge in [-0.1, -0.05) is 13.0 Å². The van der Waals surface area contributed by atoms with Gasteiger partial charge in [-0.15, -0.1) is 0 Å². The highest BCUT2D eigenvalue weighted by Crippen LogP contribution is 2.23. The summed E-state index contributed by atoms with van der Waals surface area (Å²) < 4.78 is 5.18. The molecule has 0 saturated carbocycles. The van der Waals surface area contributed by atoms with Crippen molar-refractivity contribution in [2.24, 2.45) is 0 Å². The number of ether oxygens (including phenoxy) is 1. The molecule has 2 amide bonds. The summed E-state index contributed by atoms with van der Waals surface area (Å²) in [5.74, 6) is 0.803. The Morgan fingerprint density at radius 1 is 1.26 bits per heavy atom. The molecule has 1 unspecified atom stereocenters. The molecule has 2 rings (SSSR count).